The number of nitrogens with zero attached hydrogens (tertiary/aromatic N) is 1. The number of carbonyl (C=O) groups excluding carboxylic acids is 6. The monoisotopic (exact) mass is 1130 g/mol. The largest absolute Gasteiger partial charge is 0.397 e. The molecule has 0 aliphatic carbocycles. The van der Waals surface area contributed by atoms with Gasteiger partial charge in [0.2, 0.25) is 35.4 Å². The summed E-state index contributed by atoms with van der Waals surface area (Å²) >= 11 is 1.37. The van der Waals surface area contributed by atoms with Crippen LogP contribution in [-0.4, -0.2) is 140 Å². The molecule has 1 fully saturated rings. The first-order valence-corrected chi connectivity index (χ1v) is 29.3. The molecule has 3 rings (SSSR count). The molecule has 0 bridgehead atoms. The maximum atomic E-state index is 13.8. The number of rotatable bonds is 38. The molecular weight excluding hydrogens is 1040 g/mol. The number of anilines is 1. The molecule has 1 aliphatic rings. The second kappa shape index (κ2) is 34.4. The van der Waals surface area contributed by atoms with Gasteiger partial charge in [0.25, 0.3) is 0 Å². The topological polar surface area (TPSA) is 270 Å². The quantitative estimate of drug-likeness (QED) is 0.0114. The van der Waals surface area contributed by atoms with Gasteiger partial charge in [-0.2, -0.15) is 0 Å². The molecule has 6 amide bonds. The Bertz CT molecular complexity index is 2260. The molecular formula is C56H91N8O12PS. The first kappa shape index (κ1) is 67.6. The van der Waals surface area contributed by atoms with E-state index in [-0.39, 0.29) is 101 Å². The van der Waals surface area contributed by atoms with Gasteiger partial charge < -0.3 is 60.6 Å². The van der Waals surface area contributed by atoms with Crippen molar-refractivity contribution >= 4 is 72.9 Å². The zero-order valence-corrected chi connectivity index (χ0v) is 49.8. The molecule has 0 radical (unpaired) electrons. The van der Waals surface area contributed by atoms with Gasteiger partial charge in [-0.1, -0.05) is 77.1 Å². The Balaban J connectivity index is 1.65. The Morgan fingerprint density at radius 3 is 2.18 bits per heavy atom. The predicted octanol–water partition coefficient (Wildman–Crippen LogP) is 6.70. The first-order chi connectivity index (χ1) is 36.8. The van der Waals surface area contributed by atoms with Gasteiger partial charge in [-0.25, -0.2) is 5.48 Å². The normalized spacial score (nSPS) is 15.2. The number of benzene rings is 2. The van der Waals surface area contributed by atoms with Crippen LogP contribution in [0.5, 0.6) is 0 Å². The van der Waals surface area contributed by atoms with Crippen molar-refractivity contribution in [2.24, 2.45) is 17.1 Å². The van der Waals surface area contributed by atoms with E-state index in [1.54, 1.807) is 24.3 Å². The fraction of sp³-hybridized carbons (Fsp3) is 0.643. The third-order valence-corrected chi connectivity index (χ3v) is 14.6. The van der Waals surface area contributed by atoms with Crippen LogP contribution in [0.4, 0.5) is 5.69 Å². The summed E-state index contributed by atoms with van der Waals surface area (Å²) in [6.07, 6.45) is 2.91. The molecule has 0 aromatic heterocycles. The molecule has 1 aliphatic heterocycles. The molecule has 78 heavy (non-hydrogen) atoms. The van der Waals surface area contributed by atoms with Crippen molar-refractivity contribution in [3.8, 4) is 0 Å². The Morgan fingerprint density at radius 2 is 1.49 bits per heavy atom. The summed E-state index contributed by atoms with van der Waals surface area (Å²) in [6.45, 7) is 22.8. The Labute approximate surface area is 468 Å². The number of nitrogens with two attached hydrogens (primary N) is 1. The number of imide groups is 1. The number of nitrogens with one attached hydrogen (secondary N) is 6. The van der Waals surface area contributed by atoms with Crippen LogP contribution in [0, 0.1) is 18.3 Å². The minimum absolute atomic E-state index is 0.0166. The third kappa shape index (κ3) is 26.5. The van der Waals surface area contributed by atoms with Gasteiger partial charge >= 0.3 is 8.60 Å². The summed E-state index contributed by atoms with van der Waals surface area (Å²) in [6, 6.07) is 13.7. The van der Waals surface area contributed by atoms with E-state index in [9.17, 15) is 33.7 Å². The maximum Gasteiger partial charge on any atom is 0.329 e. The highest BCUT2D eigenvalue weighted by Crippen LogP contribution is 2.32. The molecule has 3 atom stereocenters. The van der Waals surface area contributed by atoms with E-state index < -0.39 is 42.9 Å². The average Bonchev–Trinajstić information content (AvgIpc) is 3.64. The van der Waals surface area contributed by atoms with Crippen LogP contribution in [-0.2, 0) is 52.1 Å². The van der Waals surface area contributed by atoms with Crippen LogP contribution in [0.2, 0.25) is 0 Å². The highest BCUT2D eigenvalue weighted by atomic mass is 32.2. The number of amides is 6. The zero-order valence-electron chi connectivity index (χ0n) is 48.1. The number of likely N-dealkylation sites (tertiary alicyclic amines) is 1. The molecule has 9 N–H and O–H groups in total. The van der Waals surface area contributed by atoms with Crippen molar-refractivity contribution in [1.82, 2.24) is 31.6 Å². The van der Waals surface area contributed by atoms with Crippen molar-refractivity contribution < 1.29 is 57.0 Å². The predicted molar refractivity (Wildman–Crippen MR) is 308 cm³/mol. The van der Waals surface area contributed by atoms with E-state index in [4.69, 9.17) is 29.1 Å². The van der Waals surface area contributed by atoms with E-state index >= 15 is 0 Å². The molecule has 22 heteroatoms. The van der Waals surface area contributed by atoms with Gasteiger partial charge in [0.1, 0.15) is 6.04 Å². The van der Waals surface area contributed by atoms with Crippen LogP contribution in [0.1, 0.15) is 137 Å². The SMILES string of the molecule is COP(O)OCCCSC1CC(=O)N(CCNOCCC(=O)Nc2ccccc2/C(NCCC(=O)N[C@@H](CCC(=O)NCC(C)(C)OCCC(C)C)C(=O)NCCC(C)(C)OCCC(C)(C)C)=C(/N)c2ccccc2C)C1=O. The lowest BCUT2D eigenvalue weighted by atomic mass is 9.93. The zero-order chi connectivity index (χ0) is 57.9. The molecule has 1 saturated heterocycles. The lowest BCUT2D eigenvalue weighted by Gasteiger charge is -2.28. The molecule has 2 unspecified atom stereocenters. The fourth-order valence-electron chi connectivity index (χ4n) is 7.76. The molecule has 2 aromatic rings. The van der Waals surface area contributed by atoms with Crippen LogP contribution in [0.25, 0.3) is 11.4 Å². The fourth-order valence-corrected chi connectivity index (χ4v) is 9.25. The molecule has 2 aromatic carbocycles. The van der Waals surface area contributed by atoms with Gasteiger partial charge in [-0.05, 0) is 95.4 Å². The Morgan fingerprint density at radius 1 is 0.795 bits per heavy atom. The number of ether oxygens (including phenoxy) is 2. The van der Waals surface area contributed by atoms with Crippen LogP contribution in [0.15, 0.2) is 48.5 Å². The molecule has 0 saturated carbocycles. The van der Waals surface area contributed by atoms with Crippen molar-refractivity contribution in [2.75, 3.05) is 77.3 Å². The van der Waals surface area contributed by atoms with Crippen LogP contribution >= 0.6 is 20.4 Å². The summed E-state index contributed by atoms with van der Waals surface area (Å²) in [7, 11) is -0.558. The smallest absolute Gasteiger partial charge is 0.329 e. The van der Waals surface area contributed by atoms with E-state index in [1.165, 1.54) is 23.8 Å². The van der Waals surface area contributed by atoms with E-state index in [2.05, 4.69) is 66.7 Å². The molecule has 1 heterocycles. The van der Waals surface area contributed by atoms with Gasteiger partial charge in [0.05, 0.1) is 53.2 Å². The summed E-state index contributed by atoms with van der Waals surface area (Å²) in [5, 5.41) is 14.6. The minimum atomic E-state index is -1.91. The standard InChI is InChI=1S/C56H91N8O12PS/c1-39(2)24-33-73-56(9,10)38-60-46(65)22-21-44(52(69)59-29-26-55(7,8)74-35-27-54(4,5)6)63-47(66)23-28-58-51(50(57)41-18-13-12-17-40(41)3)42-19-14-15-20-43(42)62-48(67)25-34-75-61-30-31-64-49(68)37-45(53(64)70)78-36-16-32-76-77(71)72-11/h12-15,17-20,39,44-45,58,61,71H,16,21-38,57H2,1-11H3,(H,59,69)(H,60,65)(H,62,67)(H,63,66)/b51-50-/t44-,45?,77?/m0/s1. The molecule has 438 valence electrons. The molecule has 20 nitrogen and oxygen atoms in total. The van der Waals surface area contributed by atoms with Crippen LogP contribution in [0.3, 0.4) is 0 Å². The average molecular weight is 1130 g/mol. The summed E-state index contributed by atoms with van der Waals surface area (Å²) < 4.78 is 22.0. The lowest BCUT2D eigenvalue weighted by Crippen LogP contribution is -2.48. The number of aryl methyl sites for hydroxylation is 1. The summed E-state index contributed by atoms with van der Waals surface area (Å²) in [5.74, 6) is -0.969. The number of hydrogen-bond donors (Lipinski definition) is 8. The first-order valence-electron chi connectivity index (χ1n) is 27.1. The Kier molecular flexibility index (Phi) is 29.8. The number of hydroxylamine groups is 1. The van der Waals surface area contributed by atoms with Crippen molar-refractivity contribution in [3.05, 3.63) is 65.2 Å². The third-order valence-electron chi connectivity index (χ3n) is 12.6. The van der Waals surface area contributed by atoms with Crippen molar-refractivity contribution in [1.29, 1.82) is 0 Å². The summed E-state index contributed by atoms with van der Waals surface area (Å²) in [4.78, 5) is 95.7. The highest BCUT2D eigenvalue weighted by Gasteiger charge is 2.38. The van der Waals surface area contributed by atoms with Gasteiger partial charge in [0.15, 0.2) is 0 Å². The van der Waals surface area contributed by atoms with Gasteiger partial charge in [-0.15, -0.1) is 11.8 Å². The lowest BCUT2D eigenvalue weighted by molar-refractivity contribution is -0.138. The van der Waals surface area contributed by atoms with E-state index in [0.717, 1.165) is 24.0 Å². The molecule has 0 spiro atoms. The van der Waals surface area contributed by atoms with Crippen LogP contribution < -0.4 is 37.8 Å². The number of hydrogen-bond acceptors (Lipinski definition) is 16. The van der Waals surface area contributed by atoms with Gasteiger partial charge in [-0.3, -0.25) is 33.7 Å². The number of para-hydroxylation sites is 1. The van der Waals surface area contributed by atoms with Gasteiger partial charge in [0, 0.05) is 83.4 Å². The van der Waals surface area contributed by atoms with E-state index in [1.807, 2.05) is 58.9 Å². The second-order valence-electron chi connectivity index (χ2n) is 22.1. The Hall–Kier alpha value is -4.70. The number of carbonyl (C=O) groups is 6. The summed E-state index contributed by atoms with van der Waals surface area (Å²) in [5.41, 5.74) is 12.2. The highest BCUT2D eigenvalue weighted by molar-refractivity contribution is 8.00. The second-order valence-corrected chi connectivity index (χ2v) is 24.5. The van der Waals surface area contributed by atoms with E-state index in [0.29, 0.717) is 66.9 Å². The van der Waals surface area contributed by atoms with Crippen molar-refractivity contribution in [2.45, 2.75) is 150 Å². The maximum absolute atomic E-state index is 13.8. The minimum Gasteiger partial charge on any atom is -0.397 e. The van der Waals surface area contributed by atoms with Crippen molar-refractivity contribution in [3.63, 3.8) is 0 Å². The number of thioether (sulfide) groups is 1.